The summed E-state index contributed by atoms with van der Waals surface area (Å²) in [6.07, 6.45) is 3.89. The van der Waals surface area contributed by atoms with Gasteiger partial charge in [0, 0.05) is 46.5 Å². The topological polar surface area (TPSA) is 106 Å². The van der Waals surface area contributed by atoms with Crippen molar-refractivity contribution in [2.75, 3.05) is 0 Å². The van der Waals surface area contributed by atoms with Gasteiger partial charge in [-0.05, 0) is 35.7 Å². The first-order valence-electron chi connectivity index (χ1n) is 10.6. The van der Waals surface area contributed by atoms with Crippen molar-refractivity contribution in [3.05, 3.63) is 109 Å². The molecule has 0 aliphatic rings. The lowest BCUT2D eigenvalue weighted by molar-refractivity contribution is 0.248. The average molecular weight is 496 g/mol. The molecule has 0 radical (unpaired) electrons. The van der Waals surface area contributed by atoms with Gasteiger partial charge in [0.15, 0.2) is 5.43 Å². The van der Waals surface area contributed by atoms with Crippen LogP contribution >= 0.6 is 23.2 Å². The van der Waals surface area contributed by atoms with Crippen molar-refractivity contribution in [3.63, 3.8) is 0 Å². The summed E-state index contributed by atoms with van der Waals surface area (Å²) in [6, 6.07) is 14.4. The first kappa shape index (κ1) is 23.6. The van der Waals surface area contributed by atoms with Crippen LogP contribution in [-0.2, 0) is 19.5 Å². The molecule has 2 aromatic heterocycles. The molecule has 0 aliphatic heterocycles. The van der Waals surface area contributed by atoms with Gasteiger partial charge in [-0.1, -0.05) is 53.5 Å². The van der Waals surface area contributed by atoms with Gasteiger partial charge in [-0.3, -0.25) is 4.79 Å². The van der Waals surface area contributed by atoms with Gasteiger partial charge in [-0.2, -0.15) is 0 Å². The number of benzene rings is 2. The number of pyridine rings is 1. The Hall–Kier alpha value is -3.55. The quantitative estimate of drug-likeness (QED) is 0.347. The lowest BCUT2D eigenvalue weighted by Crippen LogP contribution is -2.29. The number of nitrogens with two attached hydrogens (primary N) is 1. The van der Waals surface area contributed by atoms with Crippen molar-refractivity contribution in [1.29, 1.82) is 0 Å². The van der Waals surface area contributed by atoms with Crippen molar-refractivity contribution in [2.45, 2.75) is 26.4 Å². The molecule has 0 aliphatic carbocycles. The minimum Gasteiger partial charge on any atom is -0.352 e. The van der Waals surface area contributed by atoms with E-state index in [0.717, 1.165) is 28.1 Å². The summed E-state index contributed by atoms with van der Waals surface area (Å²) in [5.41, 5.74) is 10.2. The lowest BCUT2D eigenvalue weighted by atomic mass is 10.0. The SMILES string of the molecule is Cc1c(Cc2c(Cl)cccc2Cl)c(=O)ccn1Cc1ccc(-c2cnc(CNC(N)=O)[nH]2)cc1. The molecule has 0 bridgehead atoms. The molecule has 4 aromatic rings. The van der Waals surface area contributed by atoms with Crippen molar-refractivity contribution < 1.29 is 4.79 Å². The van der Waals surface area contributed by atoms with Gasteiger partial charge in [0.05, 0.1) is 18.4 Å². The monoisotopic (exact) mass is 495 g/mol. The fraction of sp³-hybridized carbons (Fsp3) is 0.160. The van der Waals surface area contributed by atoms with E-state index in [1.807, 2.05) is 35.8 Å². The predicted molar refractivity (Wildman–Crippen MR) is 134 cm³/mol. The largest absolute Gasteiger partial charge is 0.352 e. The number of carbonyl (C=O) groups is 1. The van der Waals surface area contributed by atoms with Gasteiger partial charge in [-0.25, -0.2) is 9.78 Å². The fourth-order valence-electron chi connectivity index (χ4n) is 3.74. The van der Waals surface area contributed by atoms with E-state index in [2.05, 4.69) is 15.3 Å². The van der Waals surface area contributed by atoms with Gasteiger partial charge in [0.25, 0.3) is 0 Å². The molecular formula is C25H23Cl2N5O2. The van der Waals surface area contributed by atoms with Crippen LogP contribution in [0.5, 0.6) is 0 Å². The second-order valence-electron chi connectivity index (χ2n) is 7.91. The minimum absolute atomic E-state index is 0.0408. The van der Waals surface area contributed by atoms with Crippen molar-refractivity contribution in [2.24, 2.45) is 5.73 Å². The van der Waals surface area contributed by atoms with Crippen molar-refractivity contribution in [1.82, 2.24) is 19.9 Å². The molecule has 0 saturated heterocycles. The molecule has 0 saturated carbocycles. The normalized spacial score (nSPS) is 10.9. The van der Waals surface area contributed by atoms with E-state index in [1.54, 1.807) is 36.7 Å². The van der Waals surface area contributed by atoms with Crippen LogP contribution in [0.3, 0.4) is 0 Å². The molecule has 34 heavy (non-hydrogen) atoms. The summed E-state index contributed by atoms with van der Waals surface area (Å²) in [6.45, 7) is 2.77. The molecule has 7 nitrogen and oxygen atoms in total. The standard InChI is InChI=1S/C25H23Cl2N5O2/c1-15-18(11-19-20(26)3-2-4-21(19)27)23(33)9-10-32(15)14-16-5-7-17(8-6-16)22-12-29-24(31-22)13-30-25(28)34/h2-10,12H,11,13-14H2,1H3,(H,29,31)(H3,28,30,34). The van der Waals surface area contributed by atoms with Gasteiger partial charge < -0.3 is 20.6 Å². The number of H-pyrrole nitrogens is 1. The summed E-state index contributed by atoms with van der Waals surface area (Å²) in [4.78, 5) is 30.9. The average Bonchev–Trinajstić information content (AvgIpc) is 3.28. The van der Waals surface area contributed by atoms with Crippen molar-refractivity contribution >= 4 is 29.2 Å². The van der Waals surface area contributed by atoms with E-state index in [0.29, 0.717) is 34.4 Å². The zero-order valence-corrected chi connectivity index (χ0v) is 20.0. The maximum Gasteiger partial charge on any atom is 0.312 e. The highest BCUT2D eigenvalue weighted by Gasteiger charge is 2.13. The second-order valence-corrected chi connectivity index (χ2v) is 8.72. The number of imidazole rings is 1. The van der Waals surface area contributed by atoms with Gasteiger partial charge in [-0.15, -0.1) is 0 Å². The molecule has 0 fully saturated rings. The third kappa shape index (κ3) is 5.32. The molecule has 0 spiro atoms. The summed E-state index contributed by atoms with van der Waals surface area (Å²) in [5, 5.41) is 3.60. The first-order chi connectivity index (χ1) is 16.3. The Kier molecular flexibility index (Phi) is 7.05. The zero-order chi connectivity index (χ0) is 24.2. The van der Waals surface area contributed by atoms with Crippen LogP contribution < -0.4 is 16.5 Å². The number of hydrogen-bond donors (Lipinski definition) is 3. The van der Waals surface area contributed by atoms with Gasteiger partial charge in [0.2, 0.25) is 0 Å². The van der Waals surface area contributed by atoms with Gasteiger partial charge in [0.1, 0.15) is 5.82 Å². The molecule has 2 heterocycles. The molecule has 4 N–H and O–H groups in total. The third-order valence-corrected chi connectivity index (χ3v) is 6.37. The number of primary amides is 1. The van der Waals surface area contributed by atoms with E-state index in [1.165, 1.54) is 0 Å². The van der Waals surface area contributed by atoms with Gasteiger partial charge >= 0.3 is 6.03 Å². The van der Waals surface area contributed by atoms with Crippen LogP contribution in [0.4, 0.5) is 4.79 Å². The first-order valence-corrected chi connectivity index (χ1v) is 11.4. The molecule has 9 heteroatoms. The molecule has 2 amide bonds. The molecule has 2 aromatic carbocycles. The number of carbonyl (C=O) groups excluding carboxylic acids is 1. The summed E-state index contributed by atoms with van der Waals surface area (Å²) in [7, 11) is 0. The Balaban J connectivity index is 1.53. The maximum atomic E-state index is 12.6. The summed E-state index contributed by atoms with van der Waals surface area (Å²) in [5.74, 6) is 0.618. The van der Waals surface area contributed by atoms with Crippen LogP contribution in [0.1, 0.15) is 28.2 Å². The number of aromatic amines is 1. The molecule has 0 unspecified atom stereocenters. The zero-order valence-electron chi connectivity index (χ0n) is 18.4. The van der Waals surface area contributed by atoms with E-state index < -0.39 is 6.03 Å². The number of urea groups is 1. The highest BCUT2D eigenvalue weighted by Crippen LogP contribution is 2.27. The lowest BCUT2D eigenvalue weighted by Gasteiger charge is -2.16. The molecule has 0 atom stereocenters. The van der Waals surface area contributed by atoms with Crippen LogP contribution in [0.2, 0.25) is 10.0 Å². The molecular weight excluding hydrogens is 473 g/mol. The Bertz CT molecular complexity index is 1370. The maximum absolute atomic E-state index is 12.6. The van der Waals surface area contributed by atoms with Crippen LogP contribution in [0.25, 0.3) is 11.3 Å². The van der Waals surface area contributed by atoms with E-state index >= 15 is 0 Å². The highest BCUT2D eigenvalue weighted by atomic mass is 35.5. The van der Waals surface area contributed by atoms with Crippen molar-refractivity contribution in [3.8, 4) is 11.3 Å². The molecule has 4 rings (SSSR count). The number of nitrogens with zero attached hydrogens (tertiary/aromatic N) is 2. The molecule has 174 valence electrons. The number of amides is 2. The number of halogens is 2. The predicted octanol–water partition coefficient (Wildman–Crippen LogP) is 4.66. The summed E-state index contributed by atoms with van der Waals surface area (Å²) >= 11 is 12.7. The summed E-state index contributed by atoms with van der Waals surface area (Å²) < 4.78 is 2.04. The third-order valence-electron chi connectivity index (χ3n) is 5.66. The second kappa shape index (κ2) is 10.2. The highest BCUT2D eigenvalue weighted by molar-refractivity contribution is 6.36. The van der Waals surface area contributed by atoms with Crippen LogP contribution in [0, 0.1) is 6.92 Å². The van der Waals surface area contributed by atoms with E-state index in [-0.39, 0.29) is 12.0 Å². The van der Waals surface area contributed by atoms with E-state index in [9.17, 15) is 9.59 Å². The Labute approximate surface area is 206 Å². The number of aromatic nitrogens is 3. The Morgan fingerprint density at radius 2 is 1.79 bits per heavy atom. The Morgan fingerprint density at radius 1 is 1.09 bits per heavy atom. The number of hydrogen-bond acceptors (Lipinski definition) is 3. The smallest absolute Gasteiger partial charge is 0.312 e. The fourth-order valence-corrected chi connectivity index (χ4v) is 4.27. The number of rotatable bonds is 7. The number of nitrogens with one attached hydrogen (secondary N) is 2. The Morgan fingerprint density at radius 3 is 2.47 bits per heavy atom. The van der Waals surface area contributed by atoms with E-state index in [4.69, 9.17) is 28.9 Å². The minimum atomic E-state index is -0.599. The van der Waals surface area contributed by atoms with Crippen LogP contribution in [-0.4, -0.2) is 20.6 Å². The van der Waals surface area contributed by atoms with Crippen LogP contribution in [0.15, 0.2) is 65.7 Å².